The highest BCUT2D eigenvalue weighted by Crippen LogP contribution is 2.33. The van der Waals surface area contributed by atoms with Crippen LogP contribution in [0.1, 0.15) is 31.2 Å². The summed E-state index contributed by atoms with van der Waals surface area (Å²) in [5, 5.41) is 0. The molecule has 3 atom stereocenters. The average molecular weight is 331 g/mol. The molecule has 0 amide bonds. The van der Waals surface area contributed by atoms with Gasteiger partial charge in [-0.1, -0.05) is 0 Å². The predicted octanol–water partition coefficient (Wildman–Crippen LogP) is 1.93. The zero-order valence-electron chi connectivity index (χ0n) is 14.5. The van der Waals surface area contributed by atoms with Gasteiger partial charge in [0.25, 0.3) is 0 Å². The third-order valence-corrected chi connectivity index (χ3v) is 5.72. The van der Waals surface area contributed by atoms with Crippen LogP contribution in [0.5, 0.6) is 0 Å². The van der Waals surface area contributed by atoms with Crippen LogP contribution in [0, 0.1) is 0 Å². The van der Waals surface area contributed by atoms with Crippen molar-refractivity contribution in [1.82, 2.24) is 14.8 Å². The van der Waals surface area contributed by atoms with E-state index < -0.39 is 0 Å². The van der Waals surface area contributed by atoms with Gasteiger partial charge in [-0.25, -0.2) is 0 Å². The fourth-order valence-corrected chi connectivity index (χ4v) is 4.43. The average Bonchev–Trinajstić information content (AvgIpc) is 3.27. The third-order valence-electron chi connectivity index (χ3n) is 5.72. The molecule has 0 N–H and O–H groups in total. The van der Waals surface area contributed by atoms with Crippen molar-refractivity contribution in [3.8, 4) is 0 Å². The Labute approximate surface area is 144 Å². The van der Waals surface area contributed by atoms with E-state index in [0.717, 1.165) is 39.3 Å². The van der Waals surface area contributed by atoms with Crippen molar-refractivity contribution in [2.24, 2.45) is 0 Å². The first-order chi connectivity index (χ1) is 11.9. The van der Waals surface area contributed by atoms with Gasteiger partial charge in [-0.15, -0.1) is 0 Å². The summed E-state index contributed by atoms with van der Waals surface area (Å²) in [6.07, 6.45) is 9.30. The molecule has 3 fully saturated rings. The second-order valence-electron chi connectivity index (χ2n) is 7.26. The van der Waals surface area contributed by atoms with Crippen LogP contribution < -0.4 is 0 Å². The van der Waals surface area contributed by atoms with Crippen molar-refractivity contribution < 1.29 is 9.47 Å². The van der Waals surface area contributed by atoms with Crippen LogP contribution in [-0.4, -0.2) is 72.4 Å². The molecule has 0 radical (unpaired) electrons. The van der Waals surface area contributed by atoms with Gasteiger partial charge in [0, 0.05) is 38.1 Å². The molecule has 3 aliphatic rings. The monoisotopic (exact) mass is 331 g/mol. The first-order valence-electron chi connectivity index (χ1n) is 9.49. The van der Waals surface area contributed by atoms with Crippen LogP contribution in [0.15, 0.2) is 24.5 Å². The Morgan fingerprint density at radius 3 is 2.79 bits per heavy atom. The summed E-state index contributed by atoms with van der Waals surface area (Å²) in [7, 11) is 0. The Morgan fingerprint density at radius 2 is 1.96 bits per heavy atom. The molecule has 132 valence electrons. The number of fused-ring (bicyclic) bond motifs is 1. The molecule has 0 unspecified atom stereocenters. The van der Waals surface area contributed by atoms with E-state index in [-0.39, 0.29) is 12.2 Å². The summed E-state index contributed by atoms with van der Waals surface area (Å²) in [6, 6.07) is 4.73. The zero-order valence-corrected chi connectivity index (χ0v) is 14.5. The minimum Gasteiger partial charge on any atom is -0.374 e. The molecule has 3 heterocycles. The molecular weight excluding hydrogens is 302 g/mol. The highest BCUT2D eigenvalue weighted by Gasteiger charge is 2.43. The van der Waals surface area contributed by atoms with Gasteiger partial charge in [0.2, 0.25) is 0 Å². The summed E-state index contributed by atoms with van der Waals surface area (Å²) in [4.78, 5) is 9.21. The van der Waals surface area contributed by atoms with E-state index in [1.165, 1.54) is 37.9 Å². The fourth-order valence-electron chi connectivity index (χ4n) is 4.43. The summed E-state index contributed by atoms with van der Waals surface area (Å²) in [5.74, 6) is 0. The Hall–Kier alpha value is -1.01. The molecule has 2 aliphatic heterocycles. The van der Waals surface area contributed by atoms with E-state index in [1.807, 2.05) is 12.4 Å². The highest BCUT2D eigenvalue weighted by molar-refractivity contribution is 5.10. The first-order valence-corrected chi connectivity index (χ1v) is 9.49. The van der Waals surface area contributed by atoms with Crippen LogP contribution in [0.25, 0.3) is 0 Å². The number of pyridine rings is 1. The second-order valence-corrected chi connectivity index (χ2v) is 7.26. The van der Waals surface area contributed by atoms with Crippen molar-refractivity contribution in [2.75, 3.05) is 39.4 Å². The van der Waals surface area contributed by atoms with Gasteiger partial charge in [0.15, 0.2) is 0 Å². The normalized spacial score (nSPS) is 31.4. The standard InChI is InChI=1S/C19H29N3O2/c1-2-10-21(9-1)11-13-23-18-4-3-17-19(18)24-14-12-22(17)15-16-5-7-20-8-6-16/h5-8,17-19H,1-4,9-15H2/t17-,18+,19+/m0/s1. The van der Waals surface area contributed by atoms with Crippen molar-refractivity contribution in [3.05, 3.63) is 30.1 Å². The number of hydrogen-bond acceptors (Lipinski definition) is 5. The van der Waals surface area contributed by atoms with E-state index in [9.17, 15) is 0 Å². The van der Waals surface area contributed by atoms with Crippen molar-refractivity contribution >= 4 is 0 Å². The molecule has 5 heteroatoms. The van der Waals surface area contributed by atoms with Crippen LogP contribution in [-0.2, 0) is 16.0 Å². The molecule has 24 heavy (non-hydrogen) atoms. The smallest absolute Gasteiger partial charge is 0.0992 e. The molecule has 0 bridgehead atoms. The molecule has 1 aromatic heterocycles. The number of nitrogens with zero attached hydrogens (tertiary/aromatic N) is 3. The topological polar surface area (TPSA) is 37.8 Å². The Bertz CT molecular complexity index is 507. The molecular formula is C19H29N3O2. The minimum absolute atomic E-state index is 0.249. The van der Waals surface area contributed by atoms with Crippen molar-refractivity contribution in [1.29, 1.82) is 0 Å². The molecule has 4 rings (SSSR count). The molecule has 0 spiro atoms. The SMILES string of the molecule is c1cc(CN2CCO[C@H]3[C@H](OCCN4CCCC4)CC[C@@H]32)ccn1. The van der Waals surface area contributed by atoms with Gasteiger partial charge in [-0.3, -0.25) is 9.88 Å². The summed E-state index contributed by atoms with van der Waals surface area (Å²) in [5.41, 5.74) is 1.34. The summed E-state index contributed by atoms with van der Waals surface area (Å²) < 4.78 is 12.3. The van der Waals surface area contributed by atoms with Gasteiger partial charge >= 0.3 is 0 Å². The number of rotatable bonds is 6. The molecule has 0 aromatic carbocycles. The molecule has 1 saturated carbocycles. The van der Waals surface area contributed by atoms with Crippen LogP contribution in [0.2, 0.25) is 0 Å². The first kappa shape index (κ1) is 16.5. The lowest BCUT2D eigenvalue weighted by atomic mass is 10.1. The number of likely N-dealkylation sites (tertiary alicyclic amines) is 1. The number of aromatic nitrogens is 1. The highest BCUT2D eigenvalue weighted by atomic mass is 16.5. The van der Waals surface area contributed by atoms with Crippen LogP contribution in [0.4, 0.5) is 0 Å². The van der Waals surface area contributed by atoms with E-state index in [4.69, 9.17) is 9.47 Å². The predicted molar refractivity (Wildman–Crippen MR) is 92.8 cm³/mol. The Kier molecular flexibility index (Phi) is 5.43. The number of ether oxygens (including phenoxy) is 2. The lowest BCUT2D eigenvalue weighted by Crippen LogP contribution is -2.51. The van der Waals surface area contributed by atoms with E-state index >= 15 is 0 Å². The minimum atomic E-state index is 0.249. The van der Waals surface area contributed by atoms with Crippen LogP contribution in [0.3, 0.4) is 0 Å². The van der Waals surface area contributed by atoms with Gasteiger partial charge in [-0.2, -0.15) is 0 Å². The molecule has 1 aliphatic carbocycles. The maximum absolute atomic E-state index is 6.23. The van der Waals surface area contributed by atoms with Gasteiger partial charge in [0.1, 0.15) is 0 Å². The van der Waals surface area contributed by atoms with Gasteiger partial charge in [0.05, 0.1) is 25.4 Å². The molecule has 5 nitrogen and oxygen atoms in total. The number of hydrogen-bond donors (Lipinski definition) is 0. The molecule has 2 saturated heterocycles. The van der Waals surface area contributed by atoms with E-state index in [0.29, 0.717) is 6.04 Å². The summed E-state index contributed by atoms with van der Waals surface area (Å²) in [6.45, 7) is 7.25. The maximum atomic E-state index is 6.23. The second kappa shape index (κ2) is 7.91. The Balaban J connectivity index is 1.29. The largest absolute Gasteiger partial charge is 0.374 e. The lowest BCUT2D eigenvalue weighted by molar-refractivity contribution is -0.116. The zero-order chi connectivity index (χ0) is 16.2. The fraction of sp³-hybridized carbons (Fsp3) is 0.737. The number of morpholine rings is 1. The third kappa shape index (κ3) is 3.80. The summed E-state index contributed by atoms with van der Waals surface area (Å²) >= 11 is 0. The van der Waals surface area contributed by atoms with Gasteiger partial charge < -0.3 is 14.4 Å². The van der Waals surface area contributed by atoms with Crippen molar-refractivity contribution in [2.45, 2.75) is 50.5 Å². The van der Waals surface area contributed by atoms with Gasteiger partial charge in [-0.05, 0) is 56.5 Å². The molecule has 1 aromatic rings. The lowest BCUT2D eigenvalue weighted by Gasteiger charge is -2.39. The van der Waals surface area contributed by atoms with E-state index in [1.54, 1.807) is 0 Å². The van der Waals surface area contributed by atoms with Crippen LogP contribution >= 0.6 is 0 Å². The van der Waals surface area contributed by atoms with Crippen molar-refractivity contribution in [3.63, 3.8) is 0 Å². The Morgan fingerprint density at radius 1 is 1.12 bits per heavy atom. The quantitative estimate of drug-likeness (QED) is 0.796. The maximum Gasteiger partial charge on any atom is 0.0992 e. The van der Waals surface area contributed by atoms with E-state index in [2.05, 4.69) is 26.9 Å².